The molecule has 0 amide bonds. The highest BCUT2D eigenvalue weighted by Crippen LogP contribution is 2.36. The lowest BCUT2D eigenvalue weighted by molar-refractivity contribution is 0.158. The molecule has 1 unspecified atom stereocenters. The number of rotatable bonds is 14. The van der Waals surface area contributed by atoms with Crippen molar-refractivity contribution in [2.45, 2.75) is 83.7 Å². The van der Waals surface area contributed by atoms with Gasteiger partial charge in [-0.2, -0.15) is 0 Å². The van der Waals surface area contributed by atoms with Crippen LogP contribution < -0.4 is 9.47 Å². The van der Waals surface area contributed by atoms with Gasteiger partial charge in [-0.3, -0.25) is 0 Å². The summed E-state index contributed by atoms with van der Waals surface area (Å²) < 4.78 is 10.7. The second-order valence-electron chi connectivity index (χ2n) is 6.57. The van der Waals surface area contributed by atoms with E-state index in [1.54, 1.807) is 14.2 Å². The summed E-state index contributed by atoms with van der Waals surface area (Å²) in [7, 11) is 3.24. The molecule has 0 aliphatic heterocycles. The van der Waals surface area contributed by atoms with Crippen LogP contribution in [-0.2, 0) is 0 Å². The van der Waals surface area contributed by atoms with Crippen LogP contribution in [0.3, 0.4) is 0 Å². The molecular formula is C21H36O3. The quantitative estimate of drug-likeness (QED) is 0.420. The van der Waals surface area contributed by atoms with E-state index in [4.69, 9.17) is 9.47 Å². The largest absolute Gasteiger partial charge is 0.493 e. The summed E-state index contributed by atoms with van der Waals surface area (Å²) in [6.45, 7) is 2.26. The van der Waals surface area contributed by atoms with Crippen molar-refractivity contribution in [3.63, 3.8) is 0 Å². The highest BCUT2D eigenvalue weighted by atomic mass is 16.5. The molecule has 1 aromatic carbocycles. The molecule has 1 rings (SSSR count). The van der Waals surface area contributed by atoms with Crippen LogP contribution in [0.2, 0.25) is 0 Å². The first-order valence-corrected chi connectivity index (χ1v) is 9.63. The summed E-state index contributed by atoms with van der Waals surface area (Å²) in [6, 6.07) is 5.68. The predicted molar refractivity (Wildman–Crippen MR) is 101 cm³/mol. The Morgan fingerprint density at radius 1 is 0.833 bits per heavy atom. The zero-order chi connectivity index (χ0) is 17.6. The molecular weight excluding hydrogens is 300 g/mol. The van der Waals surface area contributed by atoms with Gasteiger partial charge in [0.15, 0.2) is 11.5 Å². The van der Waals surface area contributed by atoms with Gasteiger partial charge in [0.2, 0.25) is 0 Å². The molecule has 0 fully saturated rings. The predicted octanol–water partition coefficient (Wildman–Crippen LogP) is 6.05. The van der Waals surface area contributed by atoms with E-state index in [2.05, 4.69) is 6.92 Å². The van der Waals surface area contributed by atoms with Crippen LogP contribution in [-0.4, -0.2) is 19.3 Å². The van der Waals surface area contributed by atoms with Gasteiger partial charge in [-0.05, 0) is 12.5 Å². The first-order chi connectivity index (χ1) is 11.7. The minimum absolute atomic E-state index is 0.482. The normalized spacial score (nSPS) is 12.2. The van der Waals surface area contributed by atoms with Gasteiger partial charge < -0.3 is 14.6 Å². The van der Waals surface area contributed by atoms with Crippen molar-refractivity contribution < 1.29 is 14.6 Å². The topological polar surface area (TPSA) is 38.7 Å². The molecule has 1 aromatic rings. The highest BCUT2D eigenvalue weighted by molar-refractivity contribution is 5.47. The molecule has 138 valence electrons. The van der Waals surface area contributed by atoms with Gasteiger partial charge in [0.1, 0.15) is 0 Å². The molecule has 0 radical (unpaired) electrons. The van der Waals surface area contributed by atoms with Gasteiger partial charge in [-0.1, -0.05) is 83.3 Å². The second-order valence-corrected chi connectivity index (χ2v) is 6.57. The van der Waals surface area contributed by atoms with Crippen molar-refractivity contribution in [1.29, 1.82) is 0 Å². The number of hydrogen-bond acceptors (Lipinski definition) is 3. The maximum atomic E-state index is 10.4. The van der Waals surface area contributed by atoms with E-state index >= 15 is 0 Å². The van der Waals surface area contributed by atoms with E-state index in [1.165, 1.54) is 57.8 Å². The molecule has 0 aromatic heterocycles. The lowest BCUT2D eigenvalue weighted by atomic mass is 10.0. The SMILES string of the molecule is CCCCCCCCCCCCC(O)c1cccc(OC)c1OC. The fourth-order valence-electron chi connectivity index (χ4n) is 3.16. The molecule has 0 heterocycles. The Bertz CT molecular complexity index is 431. The summed E-state index contributed by atoms with van der Waals surface area (Å²) in [4.78, 5) is 0. The Morgan fingerprint density at radius 2 is 1.42 bits per heavy atom. The maximum Gasteiger partial charge on any atom is 0.166 e. The van der Waals surface area contributed by atoms with E-state index < -0.39 is 6.10 Å². The van der Waals surface area contributed by atoms with Crippen LogP contribution in [0.15, 0.2) is 18.2 Å². The Labute approximate surface area is 148 Å². The fourth-order valence-corrected chi connectivity index (χ4v) is 3.16. The Morgan fingerprint density at radius 3 is 1.96 bits per heavy atom. The van der Waals surface area contributed by atoms with Crippen LogP contribution >= 0.6 is 0 Å². The number of methoxy groups -OCH3 is 2. The molecule has 0 spiro atoms. The third kappa shape index (κ3) is 7.57. The van der Waals surface area contributed by atoms with Gasteiger partial charge >= 0.3 is 0 Å². The molecule has 3 heteroatoms. The second kappa shape index (κ2) is 13.1. The summed E-state index contributed by atoms with van der Waals surface area (Å²) in [5.41, 5.74) is 0.827. The molecule has 0 saturated heterocycles. The van der Waals surface area contributed by atoms with Crippen LogP contribution in [0.5, 0.6) is 11.5 Å². The Kier molecular flexibility index (Phi) is 11.4. The molecule has 1 atom stereocenters. The standard InChI is InChI=1S/C21H36O3/c1-4-5-6-7-8-9-10-11-12-13-16-19(22)18-15-14-17-20(23-2)21(18)24-3/h14-15,17,19,22H,4-13,16H2,1-3H3. The lowest BCUT2D eigenvalue weighted by Gasteiger charge is -2.17. The third-order valence-electron chi connectivity index (χ3n) is 4.62. The van der Waals surface area contributed by atoms with Crippen molar-refractivity contribution >= 4 is 0 Å². The first kappa shape index (κ1) is 20.8. The van der Waals surface area contributed by atoms with E-state index in [9.17, 15) is 5.11 Å². The molecule has 24 heavy (non-hydrogen) atoms. The van der Waals surface area contributed by atoms with E-state index in [-0.39, 0.29) is 0 Å². The van der Waals surface area contributed by atoms with E-state index in [0.29, 0.717) is 11.5 Å². The van der Waals surface area contributed by atoms with E-state index in [0.717, 1.165) is 18.4 Å². The smallest absolute Gasteiger partial charge is 0.166 e. The van der Waals surface area contributed by atoms with Crippen LogP contribution in [0.25, 0.3) is 0 Å². The Balaban J connectivity index is 2.19. The minimum Gasteiger partial charge on any atom is -0.493 e. The van der Waals surface area contributed by atoms with Crippen molar-refractivity contribution in [2.24, 2.45) is 0 Å². The Hall–Kier alpha value is -1.22. The third-order valence-corrected chi connectivity index (χ3v) is 4.62. The summed E-state index contributed by atoms with van der Waals surface area (Å²) in [5.74, 6) is 1.33. The number of benzene rings is 1. The zero-order valence-corrected chi connectivity index (χ0v) is 15.9. The summed E-state index contributed by atoms with van der Waals surface area (Å²) in [5, 5.41) is 10.4. The van der Waals surface area contributed by atoms with E-state index in [1.807, 2.05) is 18.2 Å². The molecule has 0 saturated carbocycles. The van der Waals surface area contributed by atoms with Crippen LogP contribution in [0, 0.1) is 0 Å². The zero-order valence-electron chi connectivity index (χ0n) is 15.9. The minimum atomic E-state index is -0.482. The van der Waals surface area contributed by atoms with Crippen molar-refractivity contribution in [1.82, 2.24) is 0 Å². The van der Waals surface area contributed by atoms with Crippen LogP contribution in [0.4, 0.5) is 0 Å². The van der Waals surface area contributed by atoms with Crippen molar-refractivity contribution in [3.8, 4) is 11.5 Å². The van der Waals surface area contributed by atoms with Crippen molar-refractivity contribution in [2.75, 3.05) is 14.2 Å². The highest BCUT2D eigenvalue weighted by Gasteiger charge is 2.16. The number of aliphatic hydroxyl groups is 1. The first-order valence-electron chi connectivity index (χ1n) is 9.63. The van der Waals surface area contributed by atoms with Crippen molar-refractivity contribution in [3.05, 3.63) is 23.8 Å². The van der Waals surface area contributed by atoms with Gasteiger partial charge in [0.25, 0.3) is 0 Å². The average Bonchev–Trinajstić information content (AvgIpc) is 2.62. The van der Waals surface area contributed by atoms with Gasteiger partial charge in [-0.15, -0.1) is 0 Å². The number of aliphatic hydroxyl groups excluding tert-OH is 1. The van der Waals surface area contributed by atoms with Gasteiger partial charge in [0, 0.05) is 5.56 Å². The number of unbranched alkanes of at least 4 members (excludes halogenated alkanes) is 9. The average molecular weight is 337 g/mol. The summed E-state index contributed by atoms with van der Waals surface area (Å²) in [6.07, 6.45) is 13.4. The number of para-hydroxylation sites is 1. The van der Waals surface area contributed by atoms with Gasteiger partial charge in [0.05, 0.1) is 20.3 Å². The summed E-state index contributed by atoms with van der Waals surface area (Å²) >= 11 is 0. The maximum absolute atomic E-state index is 10.4. The fraction of sp³-hybridized carbons (Fsp3) is 0.714. The number of ether oxygens (including phenoxy) is 2. The molecule has 0 aliphatic carbocycles. The molecule has 3 nitrogen and oxygen atoms in total. The molecule has 0 aliphatic rings. The van der Waals surface area contributed by atoms with Crippen LogP contribution in [0.1, 0.15) is 89.2 Å². The number of hydrogen-bond donors (Lipinski definition) is 1. The lowest BCUT2D eigenvalue weighted by Crippen LogP contribution is -2.02. The van der Waals surface area contributed by atoms with Gasteiger partial charge in [-0.25, -0.2) is 0 Å². The molecule has 0 bridgehead atoms. The molecule has 1 N–H and O–H groups in total. The monoisotopic (exact) mass is 336 g/mol.